The molecule has 2 N–H and O–H groups in total. The first kappa shape index (κ1) is 14.5. The van der Waals surface area contributed by atoms with Gasteiger partial charge in [-0.25, -0.2) is 0 Å². The fourth-order valence-electron chi connectivity index (χ4n) is 1.57. The largest absolute Gasteiger partial charge is 0.476 e. The summed E-state index contributed by atoms with van der Waals surface area (Å²) in [4.78, 5) is 4.25. The fraction of sp³-hybridized carbons (Fsp3) is 0.267. The van der Waals surface area contributed by atoms with Crippen LogP contribution in [0.5, 0.6) is 11.8 Å². The number of nitrogen functional groups attached to an aromatic ring is 1. The third-order valence-electron chi connectivity index (χ3n) is 2.61. The number of pyridine rings is 1. The molecule has 1 aromatic heterocycles. The first-order valence-electron chi connectivity index (χ1n) is 6.45. The number of hydrogen-bond donors (Lipinski definition) is 1. The highest BCUT2D eigenvalue weighted by Crippen LogP contribution is 2.23. The van der Waals surface area contributed by atoms with Crippen LogP contribution in [0.25, 0.3) is 0 Å². The summed E-state index contributed by atoms with van der Waals surface area (Å²) in [5.41, 5.74) is 7.33. The predicted octanol–water partition coefficient (Wildman–Crippen LogP) is 3.69. The van der Waals surface area contributed by atoms with Gasteiger partial charge in [0.25, 0.3) is 0 Å². The highest BCUT2D eigenvalue weighted by atomic mass is 35.5. The molecule has 0 unspecified atom stereocenters. The SMILES string of the molecule is CCCOc1nc(OCc2ccc(Cl)cc2)ccc1N. The zero-order valence-electron chi connectivity index (χ0n) is 11.3. The van der Waals surface area contributed by atoms with Crippen LogP contribution in [0.3, 0.4) is 0 Å². The van der Waals surface area contributed by atoms with Gasteiger partial charge in [-0.2, -0.15) is 4.98 Å². The van der Waals surface area contributed by atoms with Gasteiger partial charge in [-0.3, -0.25) is 0 Å². The van der Waals surface area contributed by atoms with Crippen molar-refractivity contribution >= 4 is 17.3 Å². The van der Waals surface area contributed by atoms with Crippen molar-refractivity contribution in [2.24, 2.45) is 0 Å². The minimum Gasteiger partial charge on any atom is -0.476 e. The summed E-state index contributed by atoms with van der Waals surface area (Å²) < 4.78 is 11.1. The normalized spacial score (nSPS) is 10.3. The van der Waals surface area contributed by atoms with Gasteiger partial charge in [0, 0.05) is 11.1 Å². The average molecular weight is 293 g/mol. The first-order chi connectivity index (χ1) is 9.69. The lowest BCUT2D eigenvalue weighted by Gasteiger charge is -2.10. The lowest BCUT2D eigenvalue weighted by atomic mass is 10.2. The Labute approximate surface area is 123 Å². The minimum absolute atomic E-state index is 0.417. The molecule has 20 heavy (non-hydrogen) atoms. The Bertz CT molecular complexity index is 558. The van der Waals surface area contributed by atoms with E-state index in [-0.39, 0.29) is 0 Å². The van der Waals surface area contributed by atoms with Crippen molar-refractivity contribution in [1.82, 2.24) is 4.98 Å². The fourth-order valence-corrected chi connectivity index (χ4v) is 1.69. The van der Waals surface area contributed by atoms with Crippen LogP contribution in [-0.4, -0.2) is 11.6 Å². The Morgan fingerprint density at radius 2 is 1.85 bits per heavy atom. The van der Waals surface area contributed by atoms with Gasteiger partial charge in [-0.15, -0.1) is 0 Å². The van der Waals surface area contributed by atoms with Gasteiger partial charge in [0.05, 0.1) is 12.3 Å². The predicted molar refractivity (Wildman–Crippen MR) is 80.2 cm³/mol. The standard InChI is InChI=1S/C15H17ClN2O2/c1-2-9-19-15-13(17)7-8-14(18-15)20-10-11-3-5-12(16)6-4-11/h3-8H,2,9-10,17H2,1H3. The molecular weight excluding hydrogens is 276 g/mol. The first-order valence-corrected chi connectivity index (χ1v) is 6.83. The van der Waals surface area contributed by atoms with Crippen LogP contribution >= 0.6 is 11.6 Å². The molecule has 1 heterocycles. The van der Waals surface area contributed by atoms with E-state index in [4.69, 9.17) is 26.8 Å². The van der Waals surface area contributed by atoms with Crippen molar-refractivity contribution in [1.29, 1.82) is 0 Å². The van der Waals surface area contributed by atoms with Crippen LogP contribution in [0.15, 0.2) is 36.4 Å². The maximum Gasteiger partial charge on any atom is 0.240 e. The van der Waals surface area contributed by atoms with Gasteiger partial charge in [0.1, 0.15) is 6.61 Å². The molecule has 0 radical (unpaired) electrons. The van der Waals surface area contributed by atoms with E-state index in [1.807, 2.05) is 31.2 Å². The van der Waals surface area contributed by atoms with E-state index in [1.165, 1.54) is 0 Å². The molecule has 4 nitrogen and oxygen atoms in total. The van der Waals surface area contributed by atoms with Crippen LogP contribution in [0, 0.1) is 0 Å². The summed E-state index contributed by atoms with van der Waals surface area (Å²) in [5.74, 6) is 0.903. The van der Waals surface area contributed by atoms with E-state index < -0.39 is 0 Å². The molecule has 0 saturated carbocycles. The Hall–Kier alpha value is -1.94. The number of anilines is 1. The van der Waals surface area contributed by atoms with Crippen molar-refractivity contribution in [3.8, 4) is 11.8 Å². The molecule has 0 spiro atoms. The Balaban J connectivity index is 2.00. The highest BCUT2D eigenvalue weighted by Gasteiger charge is 2.05. The molecule has 1 aromatic carbocycles. The highest BCUT2D eigenvalue weighted by molar-refractivity contribution is 6.30. The summed E-state index contributed by atoms with van der Waals surface area (Å²) in [6, 6.07) is 10.9. The molecule has 0 saturated heterocycles. The van der Waals surface area contributed by atoms with E-state index in [0.29, 0.717) is 35.7 Å². The second kappa shape index (κ2) is 7.01. The molecule has 106 valence electrons. The smallest absolute Gasteiger partial charge is 0.240 e. The zero-order chi connectivity index (χ0) is 14.4. The number of ether oxygens (including phenoxy) is 2. The topological polar surface area (TPSA) is 57.4 Å². The molecule has 0 atom stereocenters. The summed E-state index contributed by atoms with van der Waals surface area (Å²) in [6.45, 7) is 3.02. The van der Waals surface area contributed by atoms with E-state index >= 15 is 0 Å². The molecule has 0 amide bonds. The molecule has 2 aromatic rings. The Morgan fingerprint density at radius 1 is 1.10 bits per heavy atom. The third kappa shape index (κ3) is 4.03. The van der Waals surface area contributed by atoms with Gasteiger partial charge >= 0.3 is 0 Å². The lowest BCUT2D eigenvalue weighted by Crippen LogP contribution is -2.03. The van der Waals surface area contributed by atoms with Crippen molar-refractivity contribution < 1.29 is 9.47 Å². The van der Waals surface area contributed by atoms with E-state index in [0.717, 1.165) is 12.0 Å². The summed E-state index contributed by atoms with van der Waals surface area (Å²) in [6.07, 6.45) is 0.900. The van der Waals surface area contributed by atoms with E-state index in [1.54, 1.807) is 12.1 Å². The van der Waals surface area contributed by atoms with Crippen LogP contribution < -0.4 is 15.2 Å². The molecule has 0 fully saturated rings. The summed E-state index contributed by atoms with van der Waals surface area (Å²) in [7, 11) is 0. The van der Waals surface area contributed by atoms with Crippen LogP contribution in [0.1, 0.15) is 18.9 Å². The van der Waals surface area contributed by atoms with Gasteiger partial charge in [-0.05, 0) is 30.2 Å². The van der Waals surface area contributed by atoms with Gasteiger partial charge < -0.3 is 15.2 Å². The monoisotopic (exact) mass is 292 g/mol. The van der Waals surface area contributed by atoms with Crippen molar-refractivity contribution in [2.45, 2.75) is 20.0 Å². The number of nitrogens with zero attached hydrogens (tertiary/aromatic N) is 1. The van der Waals surface area contributed by atoms with Gasteiger partial charge in [0.15, 0.2) is 0 Å². The number of benzene rings is 1. The zero-order valence-corrected chi connectivity index (χ0v) is 12.1. The Kier molecular flexibility index (Phi) is 5.07. The molecular formula is C15H17ClN2O2. The summed E-state index contributed by atoms with van der Waals surface area (Å²) in [5, 5.41) is 0.703. The molecule has 2 rings (SSSR count). The van der Waals surface area contributed by atoms with Gasteiger partial charge in [0.2, 0.25) is 11.8 Å². The van der Waals surface area contributed by atoms with Crippen molar-refractivity contribution in [3.05, 3.63) is 47.0 Å². The summed E-state index contributed by atoms with van der Waals surface area (Å²) >= 11 is 5.83. The molecule has 0 aliphatic carbocycles. The second-order valence-electron chi connectivity index (χ2n) is 4.31. The molecule has 0 bridgehead atoms. The Morgan fingerprint density at radius 3 is 2.55 bits per heavy atom. The average Bonchev–Trinajstić information content (AvgIpc) is 2.46. The van der Waals surface area contributed by atoms with Crippen LogP contribution in [0.2, 0.25) is 5.02 Å². The van der Waals surface area contributed by atoms with Crippen molar-refractivity contribution in [2.75, 3.05) is 12.3 Å². The van der Waals surface area contributed by atoms with Crippen LogP contribution in [0.4, 0.5) is 5.69 Å². The minimum atomic E-state index is 0.417. The number of hydrogen-bond acceptors (Lipinski definition) is 4. The number of nitrogens with two attached hydrogens (primary N) is 1. The van der Waals surface area contributed by atoms with Gasteiger partial charge in [-0.1, -0.05) is 30.7 Å². The number of aromatic nitrogens is 1. The van der Waals surface area contributed by atoms with Crippen LogP contribution in [-0.2, 0) is 6.61 Å². The quantitative estimate of drug-likeness (QED) is 0.882. The number of rotatable bonds is 6. The number of halogens is 1. The molecule has 0 aliphatic rings. The van der Waals surface area contributed by atoms with E-state index in [2.05, 4.69) is 4.98 Å². The maximum atomic E-state index is 5.83. The van der Waals surface area contributed by atoms with Crippen molar-refractivity contribution in [3.63, 3.8) is 0 Å². The molecule has 5 heteroatoms. The maximum absolute atomic E-state index is 5.83. The van der Waals surface area contributed by atoms with E-state index in [9.17, 15) is 0 Å². The molecule has 0 aliphatic heterocycles. The lowest BCUT2D eigenvalue weighted by molar-refractivity contribution is 0.274. The third-order valence-corrected chi connectivity index (χ3v) is 2.86. The second-order valence-corrected chi connectivity index (χ2v) is 4.74.